The van der Waals surface area contributed by atoms with E-state index in [4.69, 9.17) is 5.73 Å². The molecule has 0 heterocycles. The van der Waals surface area contributed by atoms with Gasteiger partial charge < -0.3 is 5.73 Å². The van der Waals surface area contributed by atoms with Gasteiger partial charge in [-0.1, -0.05) is 0 Å². The monoisotopic (exact) mass is 200 g/mol. The molecule has 63 valence electrons. The van der Waals surface area contributed by atoms with Gasteiger partial charge in [0.25, 0.3) is 0 Å². The number of hydrogen-bond acceptors (Lipinski definition) is 0. The van der Waals surface area contributed by atoms with E-state index in [0.29, 0.717) is 5.69 Å². The molecule has 2 heteroatoms. The summed E-state index contributed by atoms with van der Waals surface area (Å²) < 4.78 is 0. The van der Waals surface area contributed by atoms with Crippen LogP contribution in [0.3, 0.4) is 0 Å². The summed E-state index contributed by atoms with van der Waals surface area (Å²) in [5.74, 6) is 0. The van der Waals surface area contributed by atoms with Gasteiger partial charge in [-0.2, -0.15) is 30.3 Å². The van der Waals surface area contributed by atoms with Crippen molar-refractivity contribution in [2.45, 2.75) is 0 Å². The first-order valence-corrected chi connectivity index (χ1v) is 3.49. The van der Waals surface area contributed by atoms with Crippen LogP contribution >= 0.6 is 0 Å². The Bertz CT molecular complexity index is 228. The van der Waals surface area contributed by atoms with E-state index in [0.717, 1.165) is 0 Å². The van der Waals surface area contributed by atoms with Crippen LogP contribution < -0.4 is 0 Å². The van der Waals surface area contributed by atoms with Crippen LogP contribution in [0.2, 0.25) is 0 Å². The number of nitrogens with one attached hydrogen (secondary N) is 1. The summed E-state index contributed by atoms with van der Waals surface area (Å²) in [7, 11) is 0. The molecule has 2 rings (SSSR count). The molecule has 0 atom stereocenters. The normalized spacial score (nSPS) is 7.67. The number of hydrogen-bond donors (Lipinski definition) is 0. The van der Waals surface area contributed by atoms with E-state index in [-0.39, 0.29) is 17.1 Å². The molecule has 0 aliphatic carbocycles. The molecule has 0 bridgehead atoms. The molecule has 0 spiro atoms. The van der Waals surface area contributed by atoms with Gasteiger partial charge in [0.05, 0.1) is 0 Å². The quantitative estimate of drug-likeness (QED) is 0.459. The molecule has 0 amide bonds. The third-order valence-corrected chi connectivity index (χ3v) is 1.22. The zero-order chi connectivity index (χ0) is 7.94. The molecule has 0 aliphatic rings. The summed E-state index contributed by atoms with van der Waals surface area (Å²) in [5.41, 5.74) is 7.47. The summed E-state index contributed by atoms with van der Waals surface area (Å²) in [6.45, 7) is 0. The Kier molecular flexibility index (Phi) is 6.16. The van der Waals surface area contributed by atoms with Crippen molar-refractivity contribution in [1.82, 2.24) is 0 Å². The second-order valence-corrected chi connectivity index (χ2v) is 2.14. The molecular weight excluding hydrogens is 190 g/mol. The summed E-state index contributed by atoms with van der Waals surface area (Å²) in [5, 5.41) is 0. The van der Waals surface area contributed by atoms with Crippen LogP contribution in [0, 0.1) is 0 Å². The molecule has 1 N–H and O–H groups in total. The summed E-state index contributed by atoms with van der Waals surface area (Å²) in [4.78, 5) is 0. The van der Waals surface area contributed by atoms with Crippen molar-refractivity contribution in [3.8, 4) is 0 Å². The maximum Gasteiger partial charge on any atom is 3.00 e. The SMILES string of the molecule is [Fe+3].[NH-]c1ccc[cH-]1.c1cc[cH-]c1. The second kappa shape index (κ2) is 6.71. The Labute approximate surface area is 83.4 Å². The van der Waals surface area contributed by atoms with E-state index in [9.17, 15) is 0 Å². The van der Waals surface area contributed by atoms with Crippen LogP contribution in [0.25, 0.3) is 5.73 Å². The standard InChI is InChI=1S/C5H5N.C5H5.Fe/c6-5-3-1-2-4-5;1-2-4-5-3-1;/h1-4,6H;1-5H;/q-2;-1;+3. The average Bonchev–Trinajstić information content (AvgIpc) is 2.57. The van der Waals surface area contributed by atoms with Crippen LogP contribution in [0.4, 0.5) is 5.69 Å². The third-order valence-electron chi connectivity index (χ3n) is 1.22. The molecule has 12 heavy (non-hydrogen) atoms. The fraction of sp³-hybridized carbons (Fsp3) is 0. The largest absolute Gasteiger partial charge is 3.00 e. The topological polar surface area (TPSA) is 23.8 Å². The summed E-state index contributed by atoms with van der Waals surface area (Å²) in [6, 6.07) is 17.2. The second-order valence-electron chi connectivity index (χ2n) is 2.14. The number of rotatable bonds is 0. The molecule has 2 aromatic rings. The predicted octanol–water partition coefficient (Wildman–Crippen LogP) is 3.49. The average molecular weight is 200 g/mol. The van der Waals surface area contributed by atoms with Crippen molar-refractivity contribution in [3.05, 3.63) is 60.3 Å². The first kappa shape index (κ1) is 11.0. The molecule has 0 fully saturated rings. The zero-order valence-corrected chi connectivity index (χ0v) is 7.65. The van der Waals surface area contributed by atoms with E-state index in [1.54, 1.807) is 12.1 Å². The first-order valence-electron chi connectivity index (χ1n) is 3.49. The minimum Gasteiger partial charge on any atom is -0.720 e. The molecule has 0 saturated heterocycles. The first-order chi connectivity index (χ1) is 5.39. The van der Waals surface area contributed by atoms with Gasteiger partial charge in [0, 0.05) is 0 Å². The molecule has 1 radical (unpaired) electrons. The van der Waals surface area contributed by atoms with Crippen LogP contribution in [-0.2, 0) is 17.1 Å². The molecule has 0 unspecified atom stereocenters. The van der Waals surface area contributed by atoms with Gasteiger partial charge in [-0.05, 0) is 0 Å². The minimum atomic E-state index is 0. The Morgan fingerprint density at radius 2 is 1.67 bits per heavy atom. The molecule has 2 aromatic carbocycles. The van der Waals surface area contributed by atoms with E-state index < -0.39 is 0 Å². The van der Waals surface area contributed by atoms with Gasteiger partial charge in [0.1, 0.15) is 0 Å². The van der Waals surface area contributed by atoms with Crippen LogP contribution in [0.15, 0.2) is 54.6 Å². The van der Waals surface area contributed by atoms with E-state index >= 15 is 0 Å². The molecule has 0 aliphatic heterocycles. The Morgan fingerprint density at radius 3 is 1.83 bits per heavy atom. The molecule has 0 saturated carbocycles. The van der Waals surface area contributed by atoms with Crippen molar-refractivity contribution in [3.63, 3.8) is 0 Å². The van der Waals surface area contributed by atoms with Crippen LogP contribution in [-0.4, -0.2) is 0 Å². The van der Waals surface area contributed by atoms with E-state index in [2.05, 4.69) is 0 Å². The van der Waals surface area contributed by atoms with Gasteiger partial charge in [-0.25, -0.2) is 24.3 Å². The van der Waals surface area contributed by atoms with Gasteiger partial charge in [0.15, 0.2) is 0 Å². The van der Waals surface area contributed by atoms with E-state index in [1.807, 2.05) is 42.5 Å². The van der Waals surface area contributed by atoms with Crippen molar-refractivity contribution in [2.75, 3.05) is 0 Å². The Hall–Kier alpha value is -0.981. The van der Waals surface area contributed by atoms with Crippen molar-refractivity contribution < 1.29 is 17.1 Å². The zero-order valence-electron chi connectivity index (χ0n) is 6.55. The van der Waals surface area contributed by atoms with Gasteiger partial charge >= 0.3 is 17.1 Å². The summed E-state index contributed by atoms with van der Waals surface area (Å²) in [6.07, 6.45) is 0. The smallest absolute Gasteiger partial charge is 0.720 e. The van der Waals surface area contributed by atoms with Crippen molar-refractivity contribution in [2.24, 2.45) is 0 Å². The minimum absolute atomic E-state index is 0. The fourth-order valence-corrected chi connectivity index (χ4v) is 0.695. The third kappa shape index (κ3) is 4.78. The van der Waals surface area contributed by atoms with E-state index in [1.165, 1.54) is 0 Å². The van der Waals surface area contributed by atoms with Crippen molar-refractivity contribution >= 4 is 5.69 Å². The van der Waals surface area contributed by atoms with Gasteiger partial charge in [-0.15, -0.1) is 0 Å². The van der Waals surface area contributed by atoms with Crippen LogP contribution in [0.5, 0.6) is 0 Å². The summed E-state index contributed by atoms with van der Waals surface area (Å²) >= 11 is 0. The van der Waals surface area contributed by atoms with Crippen LogP contribution in [0.1, 0.15) is 0 Å². The predicted molar refractivity (Wildman–Crippen MR) is 48.1 cm³/mol. The van der Waals surface area contributed by atoms with Crippen molar-refractivity contribution in [1.29, 1.82) is 0 Å². The molecule has 1 nitrogen and oxygen atoms in total. The van der Waals surface area contributed by atoms with Gasteiger partial charge in [0.2, 0.25) is 0 Å². The maximum atomic E-state index is 6.88. The Morgan fingerprint density at radius 1 is 1.00 bits per heavy atom. The Balaban J connectivity index is 0.000000189. The van der Waals surface area contributed by atoms with Gasteiger partial charge in [-0.3, -0.25) is 5.69 Å². The molecular formula is C10H10FeN. The fourth-order valence-electron chi connectivity index (χ4n) is 0.695. The molecule has 0 aromatic heterocycles. The maximum absolute atomic E-state index is 6.88.